The number of carbonyl (C=O) groups is 1. The lowest BCUT2D eigenvalue weighted by Gasteiger charge is -2.12. The highest BCUT2D eigenvalue weighted by atomic mass is 16.5. The molecule has 0 bridgehead atoms. The van der Waals surface area contributed by atoms with Gasteiger partial charge in [0.25, 0.3) is 0 Å². The number of hydrogen-bond donors (Lipinski definition) is 2. The van der Waals surface area contributed by atoms with Crippen LogP contribution >= 0.6 is 0 Å². The maximum Gasteiger partial charge on any atom is 0.317 e. The summed E-state index contributed by atoms with van der Waals surface area (Å²) in [6, 6.07) is 9.71. The Morgan fingerprint density at radius 3 is 2.63 bits per heavy atom. The van der Waals surface area contributed by atoms with Crippen LogP contribution < -0.4 is 4.74 Å². The Bertz CT molecular complexity index is 573. The summed E-state index contributed by atoms with van der Waals surface area (Å²) in [4.78, 5) is 11.2. The van der Waals surface area contributed by atoms with Crippen molar-refractivity contribution in [2.24, 2.45) is 0 Å². The van der Waals surface area contributed by atoms with Gasteiger partial charge >= 0.3 is 5.97 Å². The van der Waals surface area contributed by atoms with Crippen LogP contribution in [0.25, 0.3) is 0 Å². The quantitative estimate of drug-likeness (QED) is 0.865. The molecule has 0 aliphatic rings. The summed E-state index contributed by atoms with van der Waals surface area (Å²) >= 11 is 0. The first-order valence-corrected chi connectivity index (χ1v) is 5.78. The van der Waals surface area contributed by atoms with E-state index in [4.69, 9.17) is 9.15 Å². The molecule has 0 saturated heterocycles. The Hall–Kier alpha value is -2.43. The summed E-state index contributed by atoms with van der Waals surface area (Å²) in [5.41, 5.74) is 0. The van der Waals surface area contributed by atoms with Crippen molar-refractivity contribution >= 4 is 5.97 Å². The number of aromatic hydroxyl groups is 1. The van der Waals surface area contributed by atoms with Gasteiger partial charge in [-0.05, 0) is 31.2 Å². The van der Waals surface area contributed by atoms with Crippen molar-refractivity contribution < 1.29 is 24.2 Å². The number of aliphatic carboxylic acids is 1. The minimum absolute atomic E-state index is 0.0257. The van der Waals surface area contributed by atoms with Gasteiger partial charge in [0.15, 0.2) is 11.5 Å². The SMILES string of the molecule is Cc1ccc(C(COc2ccccc2O)C(=O)O)o1. The van der Waals surface area contributed by atoms with Gasteiger partial charge in [-0.25, -0.2) is 0 Å². The third-order valence-electron chi connectivity index (χ3n) is 2.67. The van der Waals surface area contributed by atoms with Gasteiger partial charge in [0.05, 0.1) is 0 Å². The topological polar surface area (TPSA) is 79.9 Å². The predicted molar refractivity (Wildman–Crippen MR) is 67.4 cm³/mol. The number of aryl methyl sites for hydroxylation is 1. The molecule has 1 heterocycles. The van der Waals surface area contributed by atoms with Gasteiger partial charge in [0.1, 0.15) is 24.0 Å². The molecule has 1 unspecified atom stereocenters. The average Bonchev–Trinajstić information content (AvgIpc) is 2.78. The minimum Gasteiger partial charge on any atom is -0.504 e. The highest BCUT2D eigenvalue weighted by Gasteiger charge is 2.24. The van der Waals surface area contributed by atoms with Crippen LogP contribution in [0, 0.1) is 6.92 Å². The second-order valence-electron chi connectivity index (χ2n) is 4.12. The summed E-state index contributed by atoms with van der Waals surface area (Å²) in [6.07, 6.45) is 0. The normalized spacial score (nSPS) is 12.1. The summed E-state index contributed by atoms with van der Waals surface area (Å²) in [5.74, 6) is -0.749. The second-order valence-corrected chi connectivity index (χ2v) is 4.12. The standard InChI is InChI=1S/C14H14O5/c1-9-6-7-12(19-9)10(14(16)17)8-18-13-5-3-2-4-11(13)15/h2-7,10,15H,8H2,1H3,(H,16,17). The van der Waals surface area contributed by atoms with Crippen molar-refractivity contribution in [1.29, 1.82) is 0 Å². The molecule has 2 aromatic rings. The number of rotatable bonds is 5. The molecule has 2 N–H and O–H groups in total. The van der Waals surface area contributed by atoms with Crippen LogP contribution in [0.2, 0.25) is 0 Å². The molecule has 0 amide bonds. The molecule has 1 aromatic carbocycles. The van der Waals surface area contributed by atoms with Crippen LogP contribution in [-0.4, -0.2) is 22.8 Å². The Kier molecular flexibility index (Phi) is 3.75. The van der Waals surface area contributed by atoms with E-state index in [1.165, 1.54) is 6.07 Å². The van der Waals surface area contributed by atoms with Gasteiger partial charge in [0, 0.05) is 0 Å². The van der Waals surface area contributed by atoms with E-state index >= 15 is 0 Å². The van der Waals surface area contributed by atoms with Crippen LogP contribution in [0.1, 0.15) is 17.4 Å². The Morgan fingerprint density at radius 2 is 2.05 bits per heavy atom. The third-order valence-corrected chi connectivity index (χ3v) is 2.67. The Morgan fingerprint density at radius 1 is 1.32 bits per heavy atom. The van der Waals surface area contributed by atoms with Crippen molar-refractivity contribution in [3.63, 3.8) is 0 Å². The van der Waals surface area contributed by atoms with E-state index in [-0.39, 0.29) is 18.1 Å². The number of furan rings is 1. The molecule has 1 aromatic heterocycles. The van der Waals surface area contributed by atoms with E-state index in [9.17, 15) is 15.0 Å². The van der Waals surface area contributed by atoms with Crippen LogP contribution in [0.4, 0.5) is 0 Å². The number of ether oxygens (including phenoxy) is 1. The number of carboxylic acids is 1. The summed E-state index contributed by atoms with van der Waals surface area (Å²) in [7, 11) is 0. The van der Waals surface area contributed by atoms with Crippen molar-refractivity contribution in [3.05, 3.63) is 47.9 Å². The molecule has 19 heavy (non-hydrogen) atoms. The molecular weight excluding hydrogens is 248 g/mol. The van der Waals surface area contributed by atoms with E-state index in [0.717, 1.165) is 0 Å². The highest BCUT2D eigenvalue weighted by Crippen LogP contribution is 2.27. The summed E-state index contributed by atoms with van der Waals surface area (Å²) < 4.78 is 10.6. The van der Waals surface area contributed by atoms with Gasteiger partial charge < -0.3 is 19.4 Å². The zero-order valence-electron chi connectivity index (χ0n) is 10.4. The number of benzene rings is 1. The Balaban J connectivity index is 2.10. The summed E-state index contributed by atoms with van der Waals surface area (Å²) in [5, 5.41) is 18.7. The lowest BCUT2D eigenvalue weighted by atomic mass is 10.1. The van der Waals surface area contributed by atoms with Crippen LogP contribution in [0.3, 0.4) is 0 Å². The van der Waals surface area contributed by atoms with Crippen molar-refractivity contribution in [2.45, 2.75) is 12.8 Å². The number of carboxylic acid groups (broad SMARTS) is 1. The second kappa shape index (κ2) is 5.48. The highest BCUT2D eigenvalue weighted by molar-refractivity contribution is 5.75. The molecule has 0 spiro atoms. The molecule has 100 valence electrons. The monoisotopic (exact) mass is 262 g/mol. The number of phenols is 1. The maximum absolute atomic E-state index is 11.2. The number of hydrogen-bond acceptors (Lipinski definition) is 4. The van der Waals surface area contributed by atoms with E-state index in [2.05, 4.69) is 0 Å². The number of para-hydroxylation sites is 2. The lowest BCUT2D eigenvalue weighted by Crippen LogP contribution is -2.19. The first kappa shape index (κ1) is 13.0. The zero-order valence-corrected chi connectivity index (χ0v) is 10.4. The van der Waals surface area contributed by atoms with E-state index in [1.54, 1.807) is 37.3 Å². The van der Waals surface area contributed by atoms with Gasteiger partial charge in [-0.1, -0.05) is 12.1 Å². The van der Waals surface area contributed by atoms with Crippen molar-refractivity contribution in [2.75, 3.05) is 6.61 Å². The van der Waals surface area contributed by atoms with Gasteiger partial charge in [0.2, 0.25) is 0 Å². The first-order valence-electron chi connectivity index (χ1n) is 5.78. The van der Waals surface area contributed by atoms with Crippen molar-refractivity contribution in [3.8, 4) is 11.5 Å². The molecule has 0 fully saturated rings. The minimum atomic E-state index is -1.04. The molecular formula is C14H14O5. The smallest absolute Gasteiger partial charge is 0.317 e. The Labute approximate surface area is 110 Å². The molecule has 2 rings (SSSR count). The predicted octanol–water partition coefficient (Wildman–Crippen LogP) is 2.54. The van der Waals surface area contributed by atoms with E-state index in [1.807, 2.05) is 0 Å². The lowest BCUT2D eigenvalue weighted by molar-refractivity contribution is -0.140. The van der Waals surface area contributed by atoms with E-state index in [0.29, 0.717) is 11.5 Å². The fraction of sp³-hybridized carbons (Fsp3) is 0.214. The molecule has 5 nitrogen and oxygen atoms in total. The molecule has 0 aliphatic heterocycles. The van der Waals surface area contributed by atoms with E-state index < -0.39 is 11.9 Å². The molecule has 0 aliphatic carbocycles. The fourth-order valence-electron chi connectivity index (χ4n) is 1.67. The fourth-order valence-corrected chi connectivity index (χ4v) is 1.67. The number of phenolic OH excluding ortho intramolecular Hbond substituents is 1. The van der Waals surface area contributed by atoms with Gasteiger partial charge in [-0.2, -0.15) is 0 Å². The van der Waals surface area contributed by atoms with Crippen LogP contribution in [0.5, 0.6) is 11.5 Å². The van der Waals surface area contributed by atoms with Gasteiger partial charge in [-0.15, -0.1) is 0 Å². The summed E-state index contributed by atoms with van der Waals surface area (Å²) in [6.45, 7) is 1.63. The zero-order chi connectivity index (χ0) is 13.8. The largest absolute Gasteiger partial charge is 0.504 e. The maximum atomic E-state index is 11.2. The third kappa shape index (κ3) is 3.07. The average molecular weight is 262 g/mol. The molecule has 0 radical (unpaired) electrons. The molecule has 1 atom stereocenters. The first-order chi connectivity index (χ1) is 9.08. The molecule has 0 saturated carbocycles. The molecule has 5 heteroatoms. The van der Waals surface area contributed by atoms with Crippen molar-refractivity contribution in [1.82, 2.24) is 0 Å². The van der Waals surface area contributed by atoms with Crippen LogP contribution in [-0.2, 0) is 4.79 Å². The van der Waals surface area contributed by atoms with Gasteiger partial charge in [-0.3, -0.25) is 4.79 Å². The van der Waals surface area contributed by atoms with Crippen LogP contribution in [0.15, 0.2) is 40.8 Å².